The molecular weight excluding hydrogens is 399 g/mol. The predicted molar refractivity (Wildman–Crippen MR) is 131 cm³/mol. The number of rotatable bonds is 6. The van der Waals surface area contributed by atoms with Crippen LogP contribution in [-0.2, 0) is 9.59 Å². The largest absolute Gasteiger partial charge is 0.291 e. The molecule has 0 aliphatic carbocycles. The van der Waals surface area contributed by atoms with E-state index in [1.165, 1.54) is 6.92 Å². The van der Waals surface area contributed by atoms with Crippen molar-refractivity contribution in [3.05, 3.63) is 127 Å². The van der Waals surface area contributed by atoms with Gasteiger partial charge in [0.2, 0.25) is 5.78 Å². The van der Waals surface area contributed by atoms with E-state index in [4.69, 9.17) is 0 Å². The summed E-state index contributed by atoms with van der Waals surface area (Å²) >= 11 is 0. The molecule has 0 amide bonds. The van der Waals surface area contributed by atoms with E-state index in [1.807, 2.05) is 84.9 Å². The monoisotopic (exact) mass is 422 g/mol. The van der Waals surface area contributed by atoms with E-state index in [1.54, 1.807) is 0 Å². The molecule has 0 spiro atoms. The molecule has 0 atom stereocenters. The summed E-state index contributed by atoms with van der Waals surface area (Å²) in [6, 6.07) is 40.0. The van der Waals surface area contributed by atoms with E-state index in [0.717, 1.165) is 21.5 Å². The Morgan fingerprint density at radius 1 is 0.516 bits per heavy atom. The van der Waals surface area contributed by atoms with E-state index in [0.29, 0.717) is 5.29 Å². The van der Waals surface area contributed by atoms with Crippen LogP contribution in [0.1, 0.15) is 12.5 Å². The summed E-state index contributed by atoms with van der Waals surface area (Å²) in [5.41, 5.74) is 0.785. The summed E-state index contributed by atoms with van der Waals surface area (Å²) in [5, 5.41) is 3.70. The van der Waals surface area contributed by atoms with Crippen molar-refractivity contribution in [2.75, 3.05) is 0 Å². The third-order valence-electron chi connectivity index (χ3n) is 5.35. The van der Waals surface area contributed by atoms with Crippen LogP contribution < -0.4 is 15.9 Å². The van der Waals surface area contributed by atoms with Crippen molar-refractivity contribution in [1.82, 2.24) is 0 Å². The molecule has 0 unspecified atom stereocenters. The lowest BCUT2D eigenvalue weighted by Crippen LogP contribution is -2.36. The van der Waals surface area contributed by atoms with Crippen LogP contribution in [0.3, 0.4) is 0 Å². The molecule has 0 N–H and O–H groups in total. The molecule has 0 aromatic heterocycles. The highest BCUT2D eigenvalue weighted by atomic mass is 31.2. The number of benzene rings is 4. The summed E-state index contributed by atoms with van der Waals surface area (Å²) in [6.07, 6.45) is 0. The van der Waals surface area contributed by atoms with Gasteiger partial charge in [0.25, 0.3) is 0 Å². The molecule has 0 aliphatic heterocycles. The van der Waals surface area contributed by atoms with Crippen LogP contribution in [0.5, 0.6) is 0 Å². The van der Waals surface area contributed by atoms with E-state index in [2.05, 4.69) is 36.4 Å². The minimum atomic E-state index is -2.65. The highest BCUT2D eigenvalue weighted by molar-refractivity contribution is 7.97. The molecule has 31 heavy (non-hydrogen) atoms. The van der Waals surface area contributed by atoms with Gasteiger partial charge in [-0.05, 0) is 28.4 Å². The van der Waals surface area contributed by atoms with Crippen molar-refractivity contribution in [1.29, 1.82) is 0 Å². The highest BCUT2D eigenvalue weighted by Crippen LogP contribution is 2.47. The Morgan fingerprint density at radius 3 is 1.16 bits per heavy atom. The lowest BCUT2D eigenvalue weighted by molar-refractivity contribution is -0.131. The third-order valence-corrected chi connectivity index (χ3v) is 9.70. The summed E-state index contributed by atoms with van der Waals surface area (Å²) in [4.78, 5) is 26.2. The lowest BCUT2D eigenvalue weighted by Gasteiger charge is -2.32. The maximum Gasteiger partial charge on any atom is 0.229 e. The molecule has 4 aromatic carbocycles. The van der Waals surface area contributed by atoms with E-state index >= 15 is 0 Å². The third kappa shape index (κ3) is 3.83. The summed E-state index contributed by atoms with van der Waals surface area (Å²) in [7, 11) is 0. The Kier molecular flexibility index (Phi) is 6.11. The van der Waals surface area contributed by atoms with Crippen LogP contribution in [0.15, 0.2) is 121 Å². The molecule has 4 aromatic rings. The second kappa shape index (κ2) is 9.12. The van der Waals surface area contributed by atoms with Gasteiger partial charge in [0.15, 0.2) is 5.78 Å². The summed E-state index contributed by atoms with van der Waals surface area (Å²) in [6.45, 7) is -1.29. The number of carbonyl (C=O) groups excluding carboxylic acids is 2. The first-order chi connectivity index (χ1) is 15.2. The van der Waals surface area contributed by atoms with Crippen LogP contribution in [0.4, 0.5) is 0 Å². The van der Waals surface area contributed by atoms with Gasteiger partial charge in [-0.1, -0.05) is 121 Å². The minimum Gasteiger partial charge on any atom is -0.291 e. The predicted octanol–water partition coefficient (Wildman–Crippen LogP) is 4.36. The Balaban J connectivity index is 2.34. The zero-order valence-corrected chi connectivity index (χ0v) is 18.2. The average molecular weight is 422 g/mol. The Morgan fingerprint density at radius 2 is 0.839 bits per heavy atom. The Hall–Kier alpha value is -3.48. The summed E-state index contributed by atoms with van der Waals surface area (Å²) in [5.74, 6) is -0.887. The molecule has 0 saturated carbocycles. The van der Waals surface area contributed by atoms with Crippen molar-refractivity contribution < 1.29 is 9.59 Å². The number of hydrogen-bond acceptors (Lipinski definition) is 2. The second-order valence-electron chi connectivity index (χ2n) is 7.28. The molecule has 3 heteroatoms. The standard InChI is InChI=1S/C28H23O2P/c1-22(29)27(30)28(23-14-6-2-7-15-23)31(24-16-8-3-9-17-24,25-18-10-4-11-19-25)26-20-12-5-13-21-26/h2-21H,1H3. The van der Waals surface area contributed by atoms with E-state index < -0.39 is 18.5 Å². The van der Waals surface area contributed by atoms with Crippen LogP contribution in [0.2, 0.25) is 0 Å². The molecule has 152 valence electrons. The smallest absolute Gasteiger partial charge is 0.229 e. The number of Topliss-reactive ketones (excluding diaryl/α,β-unsaturated/α-hetero) is 2. The number of hydrogen-bond donors (Lipinski definition) is 0. The first-order valence-electron chi connectivity index (χ1n) is 10.2. The average Bonchev–Trinajstić information content (AvgIpc) is 2.84. The second-order valence-corrected chi connectivity index (χ2v) is 10.6. The van der Waals surface area contributed by atoms with Gasteiger partial charge in [-0.15, -0.1) is 0 Å². The van der Waals surface area contributed by atoms with Gasteiger partial charge in [0, 0.05) is 12.2 Å². The van der Waals surface area contributed by atoms with Gasteiger partial charge >= 0.3 is 0 Å². The Bertz CT molecular complexity index is 1140. The first kappa shape index (κ1) is 20.8. The van der Waals surface area contributed by atoms with Crippen LogP contribution in [0.25, 0.3) is 0 Å². The quantitative estimate of drug-likeness (QED) is 0.342. The van der Waals surface area contributed by atoms with Crippen molar-refractivity contribution in [3.63, 3.8) is 0 Å². The number of carbonyl (C=O) groups is 2. The van der Waals surface area contributed by atoms with E-state index in [-0.39, 0.29) is 0 Å². The Labute approximate surface area is 183 Å². The molecule has 0 radical (unpaired) electrons. The maximum absolute atomic E-state index is 13.7. The van der Waals surface area contributed by atoms with Crippen LogP contribution in [-0.4, -0.2) is 16.9 Å². The van der Waals surface area contributed by atoms with Crippen LogP contribution in [0, 0.1) is 0 Å². The molecule has 2 nitrogen and oxygen atoms in total. The van der Waals surface area contributed by atoms with Gasteiger partial charge in [-0.2, -0.15) is 0 Å². The maximum atomic E-state index is 13.7. The van der Waals surface area contributed by atoms with Crippen LogP contribution >= 0.6 is 6.89 Å². The van der Waals surface area contributed by atoms with Gasteiger partial charge < -0.3 is 0 Å². The van der Waals surface area contributed by atoms with Crippen molar-refractivity contribution in [2.45, 2.75) is 6.92 Å². The fourth-order valence-corrected chi connectivity index (χ4v) is 8.55. The van der Waals surface area contributed by atoms with Crippen molar-refractivity contribution in [2.24, 2.45) is 0 Å². The molecule has 0 heterocycles. The van der Waals surface area contributed by atoms with Crippen molar-refractivity contribution >= 4 is 39.7 Å². The molecule has 0 saturated heterocycles. The van der Waals surface area contributed by atoms with Gasteiger partial charge in [0.05, 0.1) is 0 Å². The first-order valence-corrected chi connectivity index (χ1v) is 12.0. The fraction of sp³-hybridized carbons (Fsp3) is 0.0357. The SMILES string of the molecule is CC(=O)C(=O)C(c1ccccc1)=P(c1ccccc1)(c1ccccc1)c1ccccc1. The van der Waals surface area contributed by atoms with Gasteiger partial charge in [-0.25, -0.2) is 0 Å². The normalized spacial score (nSPS) is 11.0. The molecular formula is C28H23O2P. The minimum absolute atomic E-state index is 0.434. The fourth-order valence-electron chi connectivity index (χ4n) is 4.03. The molecule has 0 bridgehead atoms. The van der Waals surface area contributed by atoms with Gasteiger partial charge in [0.1, 0.15) is 0 Å². The summed E-state index contributed by atoms with van der Waals surface area (Å²) < 4.78 is 0. The molecule has 4 rings (SSSR count). The number of ketones is 2. The zero-order valence-electron chi connectivity index (χ0n) is 17.3. The highest BCUT2D eigenvalue weighted by Gasteiger charge is 2.34. The van der Waals surface area contributed by atoms with E-state index in [9.17, 15) is 9.59 Å². The zero-order chi connectivity index (χ0) is 21.7. The molecule has 0 fully saturated rings. The van der Waals surface area contributed by atoms with Crippen molar-refractivity contribution in [3.8, 4) is 0 Å². The topological polar surface area (TPSA) is 34.1 Å². The lowest BCUT2D eigenvalue weighted by atomic mass is 10.1. The molecule has 0 aliphatic rings. The van der Waals surface area contributed by atoms with Gasteiger partial charge in [-0.3, -0.25) is 9.59 Å².